The Morgan fingerprint density at radius 3 is 1.88 bits per heavy atom. The SMILES string of the molecule is COc1ccc(NS(=O)(=O)c2ccc(NC(=O)CN(c3ccc(Cl)cc3)S(=O)(=O)c3ccc(OC)c(OC)c3)cc2)cc1. The second-order valence-corrected chi connectivity index (χ2v) is 12.9. The van der Waals surface area contributed by atoms with Gasteiger partial charge in [-0.2, -0.15) is 0 Å². The lowest BCUT2D eigenvalue weighted by Gasteiger charge is -2.24. The Balaban J connectivity index is 1.54. The van der Waals surface area contributed by atoms with Gasteiger partial charge in [-0.1, -0.05) is 11.6 Å². The van der Waals surface area contributed by atoms with Crippen LogP contribution >= 0.6 is 11.6 Å². The number of halogens is 1. The van der Waals surface area contributed by atoms with E-state index in [1.807, 2.05) is 0 Å². The summed E-state index contributed by atoms with van der Waals surface area (Å²) in [6.45, 7) is -0.600. The molecule has 0 aromatic heterocycles. The van der Waals surface area contributed by atoms with Gasteiger partial charge in [0.25, 0.3) is 20.0 Å². The normalized spacial score (nSPS) is 11.3. The third kappa shape index (κ3) is 7.49. The molecule has 0 aliphatic carbocycles. The number of hydrogen-bond donors (Lipinski definition) is 2. The van der Waals surface area contributed by atoms with E-state index < -0.39 is 32.5 Å². The molecule has 14 heteroatoms. The minimum Gasteiger partial charge on any atom is -0.497 e. The van der Waals surface area contributed by atoms with E-state index in [0.717, 1.165) is 4.31 Å². The van der Waals surface area contributed by atoms with Gasteiger partial charge < -0.3 is 19.5 Å². The van der Waals surface area contributed by atoms with Crippen LogP contribution in [0.3, 0.4) is 0 Å². The molecule has 0 radical (unpaired) electrons. The molecule has 2 N–H and O–H groups in total. The predicted molar refractivity (Wildman–Crippen MR) is 164 cm³/mol. The largest absolute Gasteiger partial charge is 0.497 e. The molecule has 0 aliphatic rings. The first kappa shape index (κ1) is 31.5. The summed E-state index contributed by atoms with van der Waals surface area (Å²) < 4.78 is 72.1. The standard InChI is InChI=1S/C29H28ClN3O8S2/c1-39-24-12-6-22(7-13-24)32-42(35,36)25-14-8-21(9-15-25)31-29(34)19-33(23-10-4-20(30)5-11-23)43(37,38)26-16-17-27(40-2)28(18-26)41-3/h4-18,32H,19H2,1-3H3,(H,31,34). The van der Waals surface area contributed by atoms with E-state index in [2.05, 4.69) is 10.0 Å². The number of rotatable bonds is 12. The van der Waals surface area contributed by atoms with Gasteiger partial charge in [-0.05, 0) is 84.9 Å². The number of methoxy groups -OCH3 is 3. The van der Waals surface area contributed by atoms with Crippen LogP contribution in [0.4, 0.5) is 17.1 Å². The molecule has 0 saturated carbocycles. The Morgan fingerprint density at radius 2 is 1.30 bits per heavy atom. The van der Waals surface area contributed by atoms with Crippen LogP contribution in [0.25, 0.3) is 0 Å². The number of hydrogen-bond acceptors (Lipinski definition) is 8. The molecular formula is C29H28ClN3O8S2. The van der Waals surface area contributed by atoms with Gasteiger partial charge in [-0.25, -0.2) is 16.8 Å². The molecule has 0 spiro atoms. The van der Waals surface area contributed by atoms with Crippen molar-refractivity contribution in [3.8, 4) is 17.2 Å². The molecule has 0 aliphatic heterocycles. The number of ether oxygens (including phenoxy) is 3. The van der Waals surface area contributed by atoms with Crippen LogP contribution in [0, 0.1) is 0 Å². The fraction of sp³-hybridized carbons (Fsp3) is 0.138. The minimum absolute atomic E-state index is 0.0415. The maximum atomic E-state index is 13.8. The number of amides is 1. The van der Waals surface area contributed by atoms with E-state index in [1.165, 1.54) is 88.1 Å². The lowest BCUT2D eigenvalue weighted by atomic mass is 10.3. The van der Waals surface area contributed by atoms with Crippen molar-refractivity contribution in [1.29, 1.82) is 0 Å². The summed E-state index contributed by atoms with van der Waals surface area (Å²) in [5, 5.41) is 3.00. The Morgan fingerprint density at radius 1 is 0.721 bits per heavy atom. The Labute approximate surface area is 255 Å². The van der Waals surface area contributed by atoms with Crippen molar-refractivity contribution < 1.29 is 35.8 Å². The minimum atomic E-state index is -4.27. The molecular weight excluding hydrogens is 618 g/mol. The van der Waals surface area contributed by atoms with Gasteiger partial charge in [0.1, 0.15) is 12.3 Å². The van der Waals surface area contributed by atoms with Crippen molar-refractivity contribution in [2.24, 2.45) is 0 Å². The second-order valence-electron chi connectivity index (χ2n) is 8.91. The van der Waals surface area contributed by atoms with Gasteiger partial charge in [0.2, 0.25) is 5.91 Å². The van der Waals surface area contributed by atoms with E-state index >= 15 is 0 Å². The van der Waals surface area contributed by atoms with Crippen LogP contribution in [-0.2, 0) is 24.8 Å². The summed E-state index contributed by atoms with van der Waals surface area (Å²) in [5.41, 5.74) is 0.796. The van der Waals surface area contributed by atoms with E-state index in [4.69, 9.17) is 25.8 Å². The van der Waals surface area contributed by atoms with Gasteiger partial charge in [0.15, 0.2) is 11.5 Å². The number of benzene rings is 4. The van der Waals surface area contributed by atoms with Gasteiger partial charge in [-0.3, -0.25) is 13.8 Å². The van der Waals surface area contributed by atoms with Crippen LogP contribution < -0.4 is 28.6 Å². The zero-order valence-electron chi connectivity index (χ0n) is 23.3. The number of sulfonamides is 2. The number of carbonyl (C=O) groups is 1. The van der Waals surface area contributed by atoms with Crippen LogP contribution in [-0.4, -0.2) is 50.6 Å². The number of carbonyl (C=O) groups excluding carboxylic acids is 1. The summed E-state index contributed by atoms with van der Waals surface area (Å²) in [5.74, 6) is 0.433. The van der Waals surface area contributed by atoms with Crippen LogP contribution in [0.2, 0.25) is 5.02 Å². The van der Waals surface area contributed by atoms with Gasteiger partial charge in [0.05, 0.1) is 36.8 Å². The third-order valence-corrected chi connectivity index (χ3v) is 9.55. The lowest BCUT2D eigenvalue weighted by molar-refractivity contribution is -0.114. The van der Waals surface area contributed by atoms with Crippen molar-refractivity contribution in [1.82, 2.24) is 0 Å². The number of anilines is 3. The summed E-state index contributed by atoms with van der Waals surface area (Å²) in [7, 11) is -3.88. The Bertz CT molecular complexity index is 1800. The van der Waals surface area contributed by atoms with Gasteiger partial charge in [0, 0.05) is 22.5 Å². The highest BCUT2D eigenvalue weighted by molar-refractivity contribution is 7.93. The molecule has 0 unspecified atom stereocenters. The fourth-order valence-electron chi connectivity index (χ4n) is 3.95. The number of nitrogens with one attached hydrogen (secondary N) is 2. The average molecular weight is 646 g/mol. The van der Waals surface area contributed by atoms with Crippen molar-refractivity contribution in [3.63, 3.8) is 0 Å². The first-order valence-corrected chi connectivity index (χ1v) is 15.8. The highest BCUT2D eigenvalue weighted by Gasteiger charge is 2.28. The number of nitrogens with zero attached hydrogens (tertiary/aromatic N) is 1. The average Bonchev–Trinajstić information content (AvgIpc) is 3.00. The van der Waals surface area contributed by atoms with Crippen molar-refractivity contribution >= 4 is 54.6 Å². The second kappa shape index (κ2) is 13.2. The molecule has 0 heterocycles. The molecule has 0 fully saturated rings. The molecule has 4 rings (SSSR count). The maximum absolute atomic E-state index is 13.8. The molecule has 43 heavy (non-hydrogen) atoms. The molecule has 11 nitrogen and oxygen atoms in total. The van der Waals surface area contributed by atoms with Crippen molar-refractivity contribution in [3.05, 3.63) is 96.0 Å². The molecule has 0 saturated heterocycles. The highest BCUT2D eigenvalue weighted by Crippen LogP contribution is 2.32. The Hall–Kier alpha value is -4.46. The van der Waals surface area contributed by atoms with Crippen LogP contribution in [0.5, 0.6) is 17.2 Å². The van der Waals surface area contributed by atoms with E-state index in [0.29, 0.717) is 22.2 Å². The molecule has 226 valence electrons. The molecule has 0 bridgehead atoms. The van der Waals surface area contributed by atoms with Crippen molar-refractivity contribution in [2.45, 2.75) is 9.79 Å². The maximum Gasteiger partial charge on any atom is 0.264 e. The zero-order valence-corrected chi connectivity index (χ0v) is 25.7. The predicted octanol–water partition coefficient (Wildman–Crippen LogP) is 5.00. The molecule has 1 amide bonds. The fourth-order valence-corrected chi connectivity index (χ4v) is 6.57. The molecule has 4 aromatic rings. The smallest absolute Gasteiger partial charge is 0.264 e. The highest BCUT2D eigenvalue weighted by atomic mass is 35.5. The van der Waals surface area contributed by atoms with E-state index in [1.54, 1.807) is 24.3 Å². The topological polar surface area (TPSA) is 140 Å². The third-order valence-electron chi connectivity index (χ3n) is 6.14. The van der Waals surface area contributed by atoms with Gasteiger partial charge in [-0.15, -0.1) is 0 Å². The summed E-state index contributed by atoms with van der Waals surface area (Å²) in [4.78, 5) is 12.9. The Kier molecular flexibility index (Phi) is 9.69. The first-order valence-electron chi connectivity index (χ1n) is 12.5. The quantitative estimate of drug-likeness (QED) is 0.219. The van der Waals surface area contributed by atoms with E-state index in [-0.39, 0.29) is 26.9 Å². The summed E-state index contributed by atoms with van der Waals surface area (Å²) in [6, 6.07) is 21.9. The summed E-state index contributed by atoms with van der Waals surface area (Å²) >= 11 is 6.01. The molecule has 0 atom stereocenters. The van der Waals surface area contributed by atoms with Crippen LogP contribution in [0.15, 0.2) is 101 Å². The molecule has 4 aromatic carbocycles. The van der Waals surface area contributed by atoms with Crippen LogP contribution in [0.1, 0.15) is 0 Å². The summed E-state index contributed by atoms with van der Waals surface area (Å²) in [6.07, 6.45) is 0. The van der Waals surface area contributed by atoms with E-state index in [9.17, 15) is 21.6 Å². The monoisotopic (exact) mass is 645 g/mol. The first-order chi connectivity index (χ1) is 20.5. The lowest BCUT2D eigenvalue weighted by Crippen LogP contribution is -2.38. The van der Waals surface area contributed by atoms with Gasteiger partial charge >= 0.3 is 0 Å². The van der Waals surface area contributed by atoms with Crippen molar-refractivity contribution in [2.75, 3.05) is 42.2 Å². The zero-order chi connectivity index (χ0) is 31.2.